The molecule has 0 saturated carbocycles. The van der Waals surface area contributed by atoms with E-state index in [-0.39, 0.29) is 17.5 Å². The number of nitrogens with zero attached hydrogens (tertiary/aromatic N) is 4. The molecular formula is C22H19FN4O3. The lowest BCUT2D eigenvalue weighted by molar-refractivity contribution is 0.0265. The Morgan fingerprint density at radius 1 is 1.23 bits per heavy atom. The van der Waals surface area contributed by atoms with Gasteiger partial charge in [-0.1, -0.05) is 29.4 Å². The normalized spacial score (nSPS) is 12.0. The summed E-state index contributed by atoms with van der Waals surface area (Å²) in [5.74, 6) is -0.493. The largest absolute Gasteiger partial charge is 0.449 e. The summed E-state index contributed by atoms with van der Waals surface area (Å²) in [6, 6.07) is 13.6. The molecule has 2 heterocycles. The van der Waals surface area contributed by atoms with E-state index in [0.717, 1.165) is 5.56 Å². The van der Waals surface area contributed by atoms with Crippen molar-refractivity contribution in [3.63, 3.8) is 0 Å². The van der Waals surface area contributed by atoms with Gasteiger partial charge in [0.2, 0.25) is 5.82 Å². The number of aryl methyl sites for hydroxylation is 1. The molecule has 1 atom stereocenters. The molecule has 0 radical (unpaired) electrons. The number of esters is 1. The van der Waals surface area contributed by atoms with Crippen LogP contribution in [0.15, 0.2) is 65.4 Å². The van der Waals surface area contributed by atoms with Crippen LogP contribution >= 0.6 is 0 Å². The minimum atomic E-state index is -0.752. The molecule has 152 valence electrons. The molecule has 0 spiro atoms. The van der Waals surface area contributed by atoms with Gasteiger partial charge in [0, 0.05) is 18.0 Å². The van der Waals surface area contributed by atoms with Crippen molar-refractivity contribution in [2.24, 2.45) is 0 Å². The van der Waals surface area contributed by atoms with Crippen LogP contribution < -0.4 is 0 Å². The van der Waals surface area contributed by atoms with Crippen molar-refractivity contribution in [3.8, 4) is 11.4 Å². The second-order valence-corrected chi connectivity index (χ2v) is 6.87. The van der Waals surface area contributed by atoms with Crippen LogP contribution in [-0.2, 0) is 11.3 Å². The maximum Gasteiger partial charge on any atom is 0.338 e. The van der Waals surface area contributed by atoms with E-state index in [9.17, 15) is 9.18 Å². The highest BCUT2D eigenvalue weighted by molar-refractivity contribution is 5.89. The molecule has 0 amide bonds. The first-order chi connectivity index (χ1) is 14.5. The van der Waals surface area contributed by atoms with E-state index in [2.05, 4.69) is 15.2 Å². The Labute approximate surface area is 172 Å². The number of rotatable bonds is 6. The third-order valence-corrected chi connectivity index (χ3v) is 4.60. The lowest BCUT2D eigenvalue weighted by Crippen LogP contribution is -2.10. The van der Waals surface area contributed by atoms with Gasteiger partial charge in [-0.2, -0.15) is 10.1 Å². The molecule has 4 aromatic rings. The number of hydrogen-bond donors (Lipinski definition) is 0. The number of aromatic nitrogens is 4. The average Bonchev–Trinajstić information content (AvgIpc) is 3.43. The fourth-order valence-corrected chi connectivity index (χ4v) is 2.86. The quantitative estimate of drug-likeness (QED) is 0.443. The summed E-state index contributed by atoms with van der Waals surface area (Å²) in [6.45, 7) is 3.92. The molecule has 30 heavy (non-hydrogen) atoms. The Balaban J connectivity index is 1.41. The van der Waals surface area contributed by atoms with Gasteiger partial charge in [-0.05, 0) is 49.2 Å². The molecular weight excluding hydrogens is 387 g/mol. The zero-order valence-corrected chi connectivity index (χ0v) is 16.4. The van der Waals surface area contributed by atoms with Gasteiger partial charge in [-0.15, -0.1) is 0 Å². The van der Waals surface area contributed by atoms with Gasteiger partial charge in [0.1, 0.15) is 5.82 Å². The molecule has 0 aliphatic rings. The van der Waals surface area contributed by atoms with Crippen LogP contribution in [0.25, 0.3) is 11.4 Å². The van der Waals surface area contributed by atoms with Crippen LogP contribution in [0.1, 0.15) is 40.4 Å². The summed E-state index contributed by atoms with van der Waals surface area (Å²) in [6.07, 6.45) is 2.83. The Bertz CT molecular complexity index is 1150. The molecule has 7 nitrogen and oxygen atoms in total. The minimum absolute atomic E-state index is 0.134. The first kappa shape index (κ1) is 19.5. The molecule has 0 N–H and O–H groups in total. The maximum absolute atomic E-state index is 13.8. The summed E-state index contributed by atoms with van der Waals surface area (Å²) in [5, 5.41) is 8.01. The number of halogens is 1. The molecule has 1 unspecified atom stereocenters. The van der Waals surface area contributed by atoms with E-state index in [0.29, 0.717) is 23.2 Å². The summed E-state index contributed by atoms with van der Waals surface area (Å²) in [4.78, 5) is 16.7. The lowest BCUT2D eigenvalue weighted by atomic mass is 10.1. The Morgan fingerprint density at radius 2 is 2.03 bits per heavy atom. The zero-order chi connectivity index (χ0) is 21.1. The summed E-state index contributed by atoms with van der Waals surface area (Å²) in [7, 11) is 0. The highest BCUT2D eigenvalue weighted by atomic mass is 19.1. The van der Waals surface area contributed by atoms with Crippen LogP contribution in [0.4, 0.5) is 4.39 Å². The van der Waals surface area contributed by atoms with Gasteiger partial charge in [-0.25, -0.2) is 9.18 Å². The highest BCUT2D eigenvalue weighted by Gasteiger charge is 2.20. The predicted molar refractivity (Wildman–Crippen MR) is 106 cm³/mol. The van der Waals surface area contributed by atoms with Gasteiger partial charge in [0.05, 0.1) is 12.1 Å². The smallest absolute Gasteiger partial charge is 0.338 e. The Hall–Kier alpha value is -3.81. The number of benzene rings is 2. The molecule has 8 heteroatoms. The summed E-state index contributed by atoms with van der Waals surface area (Å²) < 4.78 is 26.2. The second kappa shape index (κ2) is 8.28. The lowest BCUT2D eigenvalue weighted by Gasteiger charge is -2.09. The molecule has 0 bridgehead atoms. The van der Waals surface area contributed by atoms with Crippen molar-refractivity contribution in [1.82, 2.24) is 19.9 Å². The molecule has 2 aromatic carbocycles. The standard InChI is InChI=1S/C22H19FN4O3/c1-14-4-7-18(12-19(14)23)20-25-21(30-26-20)15(2)29-22(28)17-8-5-16(6-9-17)13-27-11-3-10-24-27/h3-12,15H,13H2,1-2H3. The zero-order valence-electron chi connectivity index (χ0n) is 16.4. The van der Waals surface area contributed by atoms with Gasteiger partial charge in [-0.3, -0.25) is 4.68 Å². The van der Waals surface area contributed by atoms with Crippen LogP contribution in [0.3, 0.4) is 0 Å². The van der Waals surface area contributed by atoms with Gasteiger partial charge in [0.25, 0.3) is 5.89 Å². The third-order valence-electron chi connectivity index (χ3n) is 4.60. The minimum Gasteiger partial charge on any atom is -0.449 e. The van der Waals surface area contributed by atoms with E-state index >= 15 is 0 Å². The molecule has 0 aliphatic heterocycles. The Kier molecular flexibility index (Phi) is 5.38. The molecule has 0 aliphatic carbocycles. The number of carbonyl (C=O) groups is 1. The second-order valence-electron chi connectivity index (χ2n) is 6.87. The van der Waals surface area contributed by atoms with Crippen LogP contribution in [0.5, 0.6) is 0 Å². The van der Waals surface area contributed by atoms with Crippen molar-refractivity contribution in [2.75, 3.05) is 0 Å². The van der Waals surface area contributed by atoms with E-state index < -0.39 is 12.1 Å². The van der Waals surface area contributed by atoms with Crippen LogP contribution in [0, 0.1) is 12.7 Å². The predicted octanol–water partition coefficient (Wildman–Crippen LogP) is 4.35. The summed E-state index contributed by atoms with van der Waals surface area (Å²) >= 11 is 0. The van der Waals surface area contributed by atoms with Gasteiger partial charge >= 0.3 is 5.97 Å². The van der Waals surface area contributed by atoms with Crippen molar-refractivity contribution in [1.29, 1.82) is 0 Å². The molecule has 0 fully saturated rings. The molecule has 0 saturated heterocycles. The van der Waals surface area contributed by atoms with Crippen molar-refractivity contribution < 1.29 is 18.4 Å². The van der Waals surface area contributed by atoms with E-state index in [1.165, 1.54) is 6.07 Å². The first-order valence-electron chi connectivity index (χ1n) is 9.37. The van der Waals surface area contributed by atoms with Crippen molar-refractivity contribution in [2.45, 2.75) is 26.5 Å². The third kappa shape index (κ3) is 4.27. The fraction of sp³-hybridized carbons (Fsp3) is 0.182. The van der Waals surface area contributed by atoms with E-state index in [4.69, 9.17) is 9.26 Å². The van der Waals surface area contributed by atoms with Crippen molar-refractivity contribution >= 4 is 5.97 Å². The highest BCUT2D eigenvalue weighted by Crippen LogP contribution is 2.23. The van der Waals surface area contributed by atoms with Crippen LogP contribution in [-0.4, -0.2) is 25.9 Å². The molecule has 4 rings (SSSR count). The van der Waals surface area contributed by atoms with Gasteiger partial charge < -0.3 is 9.26 Å². The SMILES string of the molecule is Cc1ccc(-c2noc(C(C)OC(=O)c3ccc(Cn4cccn4)cc3)n2)cc1F. The van der Waals surface area contributed by atoms with Crippen LogP contribution in [0.2, 0.25) is 0 Å². The first-order valence-corrected chi connectivity index (χ1v) is 9.37. The number of hydrogen-bond acceptors (Lipinski definition) is 6. The maximum atomic E-state index is 13.8. The molecule has 2 aromatic heterocycles. The van der Waals surface area contributed by atoms with E-state index in [1.54, 1.807) is 49.0 Å². The Morgan fingerprint density at radius 3 is 2.73 bits per heavy atom. The van der Waals surface area contributed by atoms with Gasteiger partial charge in [0.15, 0.2) is 6.10 Å². The number of ether oxygens (including phenoxy) is 1. The summed E-state index contributed by atoms with van der Waals surface area (Å²) in [5.41, 5.74) is 2.43. The van der Waals surface area contributed by atoms with E-state index in [1.807, 2.05) is 24.4 Å². The average molecular weight is 406 g/mol. The number of carbonyl (C=O) groups excluding carboxylic acids is 1. The topological polar surface area (TPSA) is 83.0 Å². The monoisotopic (exact) mass is 406 g/mol. The fourth-order valence-electron chi connectivity index (χ4n) is 2.86. The van der Waals surface area contributed by atoms with Crippen molar-refractivity contribution in [3.05, 3.63) is 89.3 Å².